The van der Waals surface area contributed by atoms with Gasteiger partial charge in [-0.1, -0.05) is 23.7 Å². The van der Waals surface area contributed by atoms with Crippen LogP contribution in [0.5, 0.6) is 5.75 Å². The molecular weight excluding hydrogens is 304 g/mol. The summed E-state index contributed by atoms with van der Waals surface area (Å²) in [6.45, 7) is 0. The van der Waals surface area contributed by atoms with E-state index in [0.717, 1.165) is 33.4 Å². The van der Waals surface area contributed by atoms with Crippen molar-refractivity contribution in [2.24, 2.45) is 5.73 Å². The van der Waals surface area contributed by atoms with E-state index in [1.54, 1.807) is 24.9 Å². The summed E-state index contributed by atoms with van der Waals surface area (Å²) < 4.78 is 5.36. The second kappa shape index (κ2) is 7.38. The number of hydrogen-bond acceptors (Lipinski definition) is 3. The molecule has 2 rings (SSSR count). The van der Waals surface area contributed by atoms with Gasteiger partial charge in [0, 0.05) is 27.7 Å². The SMILES string of the molecule is COc1ccc(C(=N)N)cc1CSCc1ccc(Cl)cc1. The third-order valence-electron chi connectivity index (χ3n) is 3.03. The molecule has 2 aromatic rings. The highest BCUT2D eigenvalue weighted by Gasteiger charge is 2.06. The van der Waals surface area contributed by atoms with Gasteiger partial charge in [0.15, 0.2) is 0 Å². The standard InChI is InChI=1S/C16H17ClN2OS/c1-20-15-7-4-12(16(18)19)8-13(15)10-21-9-11-2-5-14(17)6-3-11/h2-8H,9-10H2,1H3,(H3,18,19). The zero-order valence-electron chi connectivity index (χ0n) is 11.7. The molecule has 0 saturated carbocycles. The first kappa shape index (κ1) is 15.7. The van der Waals surface area contributed by atoms with Crippen molar-refractivity contribution in [3.63, 3.8) is 0 Å². The minimum Gasteiger partial charge on any atom is -0.496 e. The average molecular weight is 321 g/mol. The van der Waals surface area contributed by atoms with Crippen LogP contribution >= 0.6 is 23.4 Å². The van der Waals surface area contributed by atoms with Gasteiger partial charge in [0.25, 0.3) is 0 Å². The fourth-order valence-corrected chi connectivity index (χ4v) is 3.02. The average Bonchev–Trinajstić information content (AvgIpc) is 2.49. The Hall–Kier alpha value is -1.65. The fraction of sp³-hybridized carbons (Fsp3) is 0.188. The molecule has 0 aliphatic heterocycles. The van der Waals surface area contributed by atoms with Crippen LogP contribution in [0.15, 0.2) is 42.5 Å². The van der Waals surface area contributed by atoms with Crippen LogP contribution in [0.2, 0.25) is 5.02 Å². The monoisotopic (exact) mass is 320 g/mol. The maximum absolute atomic E-state index is 7.51. The molecule has 5 heteroatoms. The summed E-state index contributed by atoms with van der Waals surface area (Å²) in [5, 5.41) is 8.26. The molecule has 21 heavy (non-hydrogen) atoms. The molecule has 3 nitrogen and oxygen atoms in total. The number of halogens is 1. The first-order valence-electron chi connectivity index (χ1n) is 6.43. The van der Waals surface area contributed by atoms with E-state index in [1.165, 1.54) is 5.56 Å². The van der Waals surface area contributed by atoms with Gasteiger partial charge in [-0.05, 0) is 35.9 Å². The van der Waals surface area contributed by atoms with Gasteiger partial charge in [-0.3, -0.25) is 5.41 Å². The Bertz CT molecular complexity index is 629. The zero-order chi connectivity index (χ0) is 15.2. The van der Waals surface area contributed by atoms with Crippen LogP contribution in [-0.2, 0) is 11.5 Å². The van der Waals surface area contributed by atoms with Gasteiger partial charge in [0.2, 0.25) is 0 Å². The van der Waals surface area contributed by atoms with Crippen molar-refractivity contribution in [1.82, 2.24) is 0 Å². The van der Waals surface area contributed by atoms with Crippen molar-refractivity contribution in [3.8, 4) is 5.75 Å². The van der Waals surface area contributed by atoms with Crippen molar-refractivity contribution in [1.29, 1.82) is 5.41 Å². The van der Waals surface area contributed by atoms with E-state index in [0.29, 0.717) is 0 Å². The van der Waals surface area contributed by atoms with Crippen LogP contribution < -0.4 is 10.5 Å². The van der Waals surface area contributed by atoms with Gasteiger partial charge >= 0.3 is 0 Å². The lowest BCUT2D eigenvalue weighted by atomic mass is 10.1. The molecule has 0 aliphatic carbocycles. The summed E-state index contributed by atoms with van der Waals surface area (Å²) >= 11 is 7.65. The number of methoxy groups -OCH3 is 1. The second-order valence-electron chi connectivity index (χ2n) is 4.56. The van der Waals surface area contributed by atoms with E-state index in [2.05, 4.69) is 0 Å². The molecule has 0 unspecified atom stereocenters. The number of nitrogen functional groups attached to an aromatic ring is 1. The van der Waals surface area contributed by atoms with Gasteiger partial charge in [0.05, 0.1) is 7.11 Å². The van der Waals surface area contributed by atoms with Crippen molar-refractivity contribution in [2.75, 3.05) is 7.11 Å². The lowest BCUT2D eigenvalue weighted by Crippen LogP contribution is -2.11. The smallest absolute Gasteiger partial charge is 0.122 e. The highest BCUT2D eigenvalue weighted by Crippen LogP contribution is 2.26. The number of nitrogens with one attached hydrogen (secondary N) is 1. The maximum atomic E-state index is 7.51. The summed E-state index contributed by atoms with van der Waals surface area (Å²) in [5.74, 6) is 2.59. The molecule has 0 heterocycles. The molecule has 0 atom stereocenters. The summed E-state index contributed by atoms with van der Waals surface area (Å²) in [6.07, 6.45) is 0. The zero-order valence-corrected chi connectivity index (χ0v) is 13.3. The first-order valence-corrected chi connectivity index (χ1v) is 7.97. The molecule has 0 radical (unpaired) electrons. The molecule has 110 valence electrons. The normalized spacial score (nSPS) is 10.4. The summed E-state index contributed by atoms with van der Waals surface area (Å²) in [4.78, 5) is 0. The number of benzene rings is 2. The Balaban J connectivity index is 2.03. The highest BCUT2D eigenvalue weighted by atomic mass is 35.5. The third-order valence-corrected chi connectivity index (χ3v) is 4.34. The van der Waals surface area contributed by atoms with E-state index in [4.69, 9.17) is 27.5 Å². The minimum absolute atomic E-state index is 0.0709. The number of amidine groups is 1. The van der Waals surface area contributed by atoms with E-state index in [-0.39, 0.29) is 5.84 Å². The van der Waals surface area contributed by atoms with Gasteiger partial charge in [-0.25, -0.2) is 0 Å². The highest BCUT2D eigenvalue weighted by molar-refractivity contribution is 7.97. The molecule has 0 aliphatic rings. The Morgan fingerprint density at radius 3 is 2.52 bits per heavy atom. The number of ether oxygens (including phenoxy) is 1. The van der Waals surface area contributed by atoms with Crippen LogP contribution in [0.4, 0.5) is 0 Å². The molecule has 0 spiro atoms. The fourth-order valence-electron chi connectivity index (χ4n) is 1.92. The Kier molecular flexibility index (Phi) is 5.53. The molecule has 0 bridgehead atoms. The van der Waals surface area contributed by atoms with Gasteiger partial charge in [-0.2, -0.15) is 11.8 Å². The number of thioether (sulfide) groups is 1. The summed E-state index contributed by atoms with van der Waals surface area (Å²) in [7, 11) is 1.65. The molecule has 0 saturated heterocycles. The van der Waals surface area contributed by atoms with E-state index in [1.807, 2.05) is 36.4 Å². The van der Waals surface area contributed by atoms with Crippen LogP contribution in [0, 0.1) is 5.41 Å². The number of rotatable bonds is 6. The Labute approximate surface area is 134 Å². The molecule has 3 N–H and O–H groups in total. The van der Waals surface area contributed by atoms with Crippen LogP contribution in [0.1, 0.15) is 16.7 Å². The third kappa shape index (κ3) is 4.41. The van der Waals surface area contributed by atoms with Crippen LogP contribution in [0.3, 0.4) is 0 Å². The number of nitrogens with two attached hydrogens (primary N) is 1. The molecule has 0 amide bonds. The van der Waals surface area contributed by atoms with Crippen molar-refractivity contribution in [2.45, 2.75) is 11.5 Å². The predicted octanol–water partition coefficient (Wildman–Crippen LogP) is 4.07. The second-order valence-corrected chi connectivity index (χ2v) is 5.98. The minimum atomic E-state index is 0.0709. The molecule has 0 aromatic heterocycles. The first-order chi connectivity index (χ1) is 10.1. The predicted molar refractivity (Wildman–Crippen MR) is 90.5 cm³/mol. The quantitative estimate of drug-likeness (QED) is 0.623. The maximum Gasteiger partial charge on any atom is 0.122 e. The van der Waals surface area contributed by atoms with E-state index < -0.39 is 0 Å². The van der Waals surface area contributed by atoms with Gasteiger partial charge in [0.1, 0.15) is 11.6 Å². The summed E-state index contributed by atoms with van der Waals surface area (Å²) in [6, 6.07) is 13.4. The molecular formula is C16H17ClN2OS. The lowest BCUT2D eigenvalue weighted by molar-refractivity contribution is 0.411. The Morgan fingerprint density at radius 1 is 1.19 bits per heavy atom. The number of hydrogen-bond donors (Lipinski definition) is 2. The topological polar surface area (TPSA) is 59.1 Å². The van der Waals surface area contributed by atoms with Crippen LogP contribution in [-0.4, -0.2) is 12.9 Å². The van der Waals surface area contributed by atoms with E-state index in [9.17, 15) is 0 Å². The Morgan fingerprint density at radius 2 is 1.90 bits per heavy atom. The lowest BCUT2D eigenvalue weighted by Gasteiger charge is -2.10. The van der Waals surface area contributed by atoms with Crippen molar-refractivity contribution < 1.29 is 4.74 Å². The van der Waals surface area contributed by atoms with E-state index >= 15 is 0 Å². The van der Waals surface area contributed by atoms with Gasteiger partial charge in [-0.15, -0.1) is 0 Å². The summed E-state index contributed by atoms with van der Waals surface area (Å²) in [5.41, 5.74) is 8.52. The van der Waals surface area contributed by atoms with Crippen molar-refractivity contribution in [3.05, 3.63) is 64.2 Å². The van der Waals surface area contributed by atoms with Crippen molar-refractivity contribution >= 4 is 29.2 Å². The largest absolute Gasteiger partial charge is 0.496 e. The molecule has 0 fully saturated rings. The van der Waals surface area contributed by atoms with Crippen LogP contribution in [0.25, 0.3) is 0 Å². The molecule has 2 aromatic carbocycles. The van der Waals surface area contributed by atoms with Gasteiger partial charge < -0.3 is 10.5 Å².